The minimum atomic E-state index is -3.14. The van der Waals surface area contributed by atoms with Gasteiger partial charge in [0.15, 0.2) is 0 Å². The second kappa shape index (κ2) is 5.68. The molecular weight excluding hydrogens is 332 g/mol. The molecule has 124 valence electrons. The topological polar surface area (TPSA) is 75.2 Å². The molecule has 1 N–H and O–H groups in total. The van der Waals surface area contributed by atoms with Gasteiger partial charge in [-0.3, -0.25) is 0 Å². The largest absolute Gasteiger partial charge is 0.354 e. The fourth-order valence-corrected chi connectivity index (χ4v) is 5.78. The molecule has 4 rings (SSSR count). The average molecular weight is 352 g/mol. The molecule has 2 fully saturated rings. The Bertz CT molecular complexity index is 829. The first-order valence-electron chi connectivity index (χ1n) is 7.99. The van der Waals surface area contributed by atoms with Crippen LogP contribution in [-0.4, -0.2) is 42.8 Å². The van der Waals surface area contributed by atoms with E-state index in [4.69, 9.17) is 0 Å². The number of nitrogens with zero attached hydrogens (tertiary/aromatic N) is 3. The van der Waals surface area contributed by atoms with Crippen molar-refractivity contribution in [2.24, 2.45) is 0 Å². The van der Waals surface area contributed by atoms with Crippen molar-refractivity contribution in [3.63, 3.8) is 0 Å². The number of nitrogens with one attached hydrogen (secondary N) is 1. The lowest BCUT2D eigenvalue weighted by Crippen LogP contribution is -2.48. The predicted molar refractivity (Wildman–Crippen MR) is 92.5 cm³/mol. The number of anilines is 1. The lowest BCUT2D eigenvalue weighted by Gasteiger charge is -2.34. The Labute approximate surface area is 140 Å². The van der Waals surface area contributed by atoms with Crippen LogP contribution in [-0.2, 0) is 10.0 Å². The zero-order valence-corrected chi connectivity index (χ0v) is 14.7. The summed E-state index contributed by atoms with van der Waals surface area (Å²) in [4.78, 5) is 11.0. The summed E-state index contributed by atoms with van der Waals surface area (Å²) < 4.78 is 28.3. The Morgan fingerprint density at radius 1 is 1.30 bits per heavy atom. The number of hydrogen-bond acceptors (Lipinski definition) is 6. The Hall–Kier alpha value is -1.25. The van der Waals surface area contributed by atoms with Crippen LogP contribution in [0.1, 0.15) is 31.2 Å². The molecule has 2 aliphatic rings. The number of aromatic nitrogens is 2. The summed E-state index contributed by atoms with van der Waals surface area (Å²) >= 11 is 1.66. The number of sulfonamides is 1. The SMILES string of the molecule is Cc1csc2c(N3CCCC(NS(=O)(=O)C4CC4)C3)ncnc12. The van der Waals surface area contributed by atoms with Crippen LogP contribution in [0.3, 0.4) is 0 Å². The van der Waals surface area contributed by atoms with Crippen molar-refractivity contribution in [1.82, 2.24) is 14.7 Å². The maximum Gasteiger partial charge on any atom is 0.214 e. The van der Waals surface area contributed by atoms with Gasteiger partial charge in [0.05, 0.1) is 15.5 Å². The maximum atomic E-state index is 12.2. The number of rotatable bonds is 4. The molecule has 23 heavy (non-hydrogen) atoms. The molecule has 0 amide bonds. The molecule has 2 aromatic heterocycles. The maximum absolute atomic E-state index is 12.2. The van der Waals surface area contributed by atoms with Crippen molar-refractivity contribution in [2.45, 2.75) is 43.9 Å². The number of hydrogen-bond donors (Lipinski definition) is 1. The molecule has 1 saturated carbocycles. The molecule has 0 spiro atoms. The molecule has 6 nitrogen and oxygen atoms in total. The molecule has 1 saturated heterocycles. The van der Waals surface area contributed by atoms with Gasteiger partial charge in [0, 0.05) is 19.1 Å². The van der Waals surface area contributed by atoms with E-state index in [1.807, 2.05) is 0 Å². The van der Waals surface area contributed by atoms with Crippen molar-refractivity contribution in [1.29, 1.82) is 0 Å². The van der Waals surface area contributed by atoms with Crippen LogP contribution in [0.4, 0.5) is 5.82 Å². The van der Waals surface area contributed by atoms with E-state index in [1.54, 1.807) is 17.7 Å². The lowest BCUT2D eigenvalue weighted by atomic mass is 10.1. The van der Waals surface area contributed by atoms with Gasteiger partial charge in [-0.2, -0.15) is 0 Å². The molecule has 1 atom stereocenters. The van der Waals surface area contributed by atoms with E-state index >= 15 is 0 Å². The summed E-state index contributed by atoms with van der Waals surface area (Å²) in [6.07, 6.45) is 5.06. The minimum absolute atomic E-state index is 0.0274. The Morgan fingerprint density at radius 2 is 2.13 bits per heavy atom. The van der Waals surface area contributed by atoms with Gasteiger partial charge in [0.25, 0.3) is 0 Å². The second-order valence-electron chi connectivity index (χ2n) is 6.44. The van der Waals surface area contributed by atoms with Crippen LogP contribution >= 0.6 is 11.3 Å². The third-order valence-electron chi connectivity index (χ3n) is 4.53. The van der Waals surface area contributed by atoms with Crippen LogP contribution in [0.2, 0.25) is 0 Å². The fraction of sp³-hybridized carbons (Fsp3) is 0.600. The summed E-state index contributed by atoms with van der Waals surface area (Å²) in [6.45, 7) is 3.64. The van der Waals surface area contributed by atoms with Crippen molar-refractivity contribution in [3.8, 4) is 0 Å². The van der Waals surface area contributed by atoms with E-state index < -0.39 is 10.0 Å². The molecule has 8 heteroatoms. The quantitative estimate of drug-likeness (QED) is 0.911. The molecule has 0 radical (unpaired) electrons. The normalized spacial score (nSPS) is 22.7. The highest BCUT2D eigenvalue weighted by Crippen LogP contribution is 2.33. The summed E-state index contributed by atoms with van der Waals surface area (Å²) in [5.41, 5.74) is 2.16. The summed E-state index contributed by atoms with van der Waals surface area (Å²) in [5, 5.41) is 1.93. The number of fused-ring (bicyclic) bond motifs is 1. The van der Waals surface area contributed by atoms with Gasteiger partial charge in [0.1, 0.15) is 12.1 Å². The van der Waals surface area contributed by atoms with Crippen molar-refractivity contribution < 1.29 is 8.42 Å². The van der Waals surface area contributed by atoms with E-state index in [1.165, 1.54) is 0 Å². The summed E-state index contributed by atoms with van der Waals surface area (Å²) in [7, 11) is -3.14. The highest BCUT2D eigenvalue weighted by atomic mass is 32.2. The monoisotopic (exact) mass is 352 g/mol. The van der Waals surface area contributed by atoms with Gasteiger partial charge in [-0.05, 0) is 43.6 Å². The van der Waals surface area contributed by atoms with Crippen LogP contribution in [0.5, 0.6) is 0 Å². The number of thiophene rings is 1. The van der Waals surface area contributed by atoms with E-state index in [-0.39, 0.29) is 11.3 Å². The number of piperidine rings is 1. The van der Waals surface area contributed by atoms with Gasteiger partial charge in [0.2, 0.25) is 10.0 Å². The van der Waals surface area contributed by atoms with Gasteiger partial charge in [-0.1, -0.05) is 0 Å². The van der Waals surface area contributed by atoms with Gasteiger partial charge < -0.3 is 4.90 Å². The third-order valence-corrected chi connectivity index (χ3v) is 7.62. The molecule has 2 aromatic rings. The average Bonchev–Trinajstić information content (AvgIpc) is 3.32. The first-order chi connectivity index (χ1) is 11.0. The predicted octanol–water partition coefficient (Wildman–Crippen LogP) is 2.05. The summed E-state index contributed by atoms with van der Waals surface area (Å²) in [6, 6.07) is -0.0274. The zero-order valence-electron chi connectivity index (χ0n) is 13.0. The minimum Gasteiger partial charge on any atom is -0.354 e. The fourth-order valence-electron chi connectivity index (χ4n) is 3.15. The van der Waals surface area contributed by atoms with Crippen LogP contribution in [0.25, 0.3) is 10.2 Å². The highest BCUT2D eigenvalue weighted by molar-refractivity contribution is 7.90. The molecule has 0 aromatic carbocycles. The molecule has 1 aliphatic heterocycles. The Kier molecular flexibility index (Phi) is 3.78. The Morgan fingerprint density at radius 3 is 2.91 bits per heavy atom. The second-order valence-corrected chi connectivity index (χ2v) is 9.31. The third kappa shape index (κ3) is 2.95. The van der Waals surface area contributed by atoms with Crippen molar-refractivity contribution in [2.75, 3.05) is 18.0 Å². The van der Waals surface area contributed by atoms with E-state index in [0.717, 1.165) is 53.8 Å². The van der Waals surface area contributed by atoms with E-state index in [9.17, 15) is 8.42 Å². The van der Waals surface area contributed by atoms with Gasteiger partial charge >= 0.3 is 0 Å². The van der Waals surface area contributed by atoms with E-state index in [2.05, 4.69) is 31.9 Å². The zero-order chi connectivity index (χ0) is 16.0. The summed E-state index contributed by atoms with van der Waals surface area (Å²) in [5.74, 6) is 0.934. The van der Waals surface area contributed by atoms with Crippen LogP contribution in [0.15, 0.2) is 11.7 Å². The molecule has 0 bridgehead atoms. The highest BCUT2D eigenvalue weighted by Gasteiger charge is 2.37. The Balaban J connectivity index is 1.56. The van der Waals surface area contributed by atoms with Crippen LogP contribution in [0, 0.1) is 6.92 Å². The van der Waals surface area contributed by atoms with Crippen molar-refractivity contribution in [3.05, 3.63) is 17.3 Å². The van der Waals surface area contributed by atoms with Gasteiger partial charge in [-0.25, -0.2) is 23.1 Å². The first kappa shape index (κ1) is 15.3. The van der Waals surface area contributed by atoms with Crippen molar-refractivity contribution >= 4 is 37.4 Å². The first-order valence-corrected chi connectivity index (χ1v) is 10.4. The van der Waals surface area contributed by atoms with Gasteiger partial charge in [-0.15, -0.1) is 11.3 Å². The molecular formula is C15H20N4O2S2. The molecule has 3 heterocycles. The van der Waals surface area contributed by atoms with Crippen LogP contribution < -0.4 is 9.62 Å². The smallest absolute Gasteiger partial charge is 0.214 e. The molecule has 1 aliphatic carbocycles. The standard InChI is InChI=1S/C15H20N4O2S2/c1-10-8-22-14-13(10)16-9-17-15(14)19-6-2-3-11(7-19)18-23(20,21)12-4-5-12/h8-9,11-12,18H,2-7H2,1H3. The lowest BCUT2D eigenvalue weighted by molar-refractivity contribution is 0.464. The number of aryl methyl sites for hydroxylation is 1. The molecule has 1 unspecified atom stereocenters. The van der Waals surface area contributed by atoms with E-state index in [0.29, 0.717) is 6.54 Å².